The lowest BCUT2D eigenvalue weighted by atomic mass is 10.2. The van der Waals surface area contributed by atoms with Crippen LogP contribution >= 0.6 is 11.8 Å². The molecule has 0 aromatic heterocycles. The molecular weight excluding hydrogens is 204 g/mol. The second-order valence-corrected chi connectivity index (χ2v) is 5.70. The van der Waals surface area contributed by atoms with Crippen molar-refractivity contribution in [3.05, 3.63) is 0 Å². The molecule has 90 valence electrons. The fraction of sp³-hybridized carbons (Fsp3) is 1.00. The number of likely N-dealkylation sites (N-methyl/N-ethyl adjacent to an activating group) is 1. The molecule has 2 nitrogen and oxygen atoms in total. The number of nitrogens with zero attached hydrogens (tertiary/aromatic N) is 1. The predicted octanol–water partition coefficient (Wildman–Crippen LogP) is 2.20. The van der Waals surface area contributed by atoms with Crippen molar-refractivity contribution < 1.29 is 0 Å². The summed E-state index contributed by atoms with van der Waals surface area (Å²) in [5.74, 6) is 1.24. The molecule has 0 heterocycles. The smallest absolute Gasteiger partial charge is 0.0189 e. The van der Waals surface area contributed by atoms with E-state index in [2.05, 4.69) is 30.4 Å². The van der Waals surface area contributed by atoms with Crippen LogP contribution in [0.1, 0.15) is 32.6 Å². The van der Waals surface area contributed by atoms with Gasteiger partial charge in [-0.1, -0.05) is 12.8 Å². The van der Waals surface area contributed by atoms with Crippen LogP contribution in [0, 0.1) is 0 Å². The maximum absolute atomic E-state index is 3.69. The Hall–Kier alpha value is 0.270. The molecule has 1 N–H and O–H groups in total. The van der Waals surface area contributed by atoms with E-state index in [-0.39, 0.29) is 0 Å². The van der Waals surface area contributed by atoms with Crippen LogP contribution in [0.3, 0.4) is 0 Å². The highest BCUT2D eigenvalue weighted by Crippen LogP contribution is 2.17. The van der Waals surface area contributed by atoms with Gasteiger partial charge in [0.1, 0.15) is 0 Å². The van der Waals surface area contributed by atoms with Crippen molar-refractivity contribution >= 4 is 11.8 Å². The first kappa shape index (κ1) is 13.3. The Bertz CT molecular complexity index is 158. The minimum Gasteiger partial charge on any atom is -0.312 e. The first-order valence-corrected chi connectivity index (χ1v) is 7.56. The molecule has 1 unspecified atom stereocenters. The Labute approximate surface area is 99.2 Å². The van der Waals surface area contributed by atoms with E-state index in [1.807, 2.05) is 11.8 Å². The highest BCUT2D eigenvalue weighted by molar-refractivity contribution is 7.98. The minimum atomic E-state index is 0.665. The topological polar surface area (TPSA) is 15.3 Å². The summed E-state index contributed by atoms with van der Waals surface area (Å²) in [4.78, 5) is 2.46. The van der Waals surface area contributed by atoms with Gasteiger partial charge >= 0.3 is 0 Å². The second kappa shape index (κ2) is 7.53. The molecule has 0 aliphatic heterocycles. The van der Waals surface area contributed by atoms with Gasteiger partial charge in [-0.25, -0.2) is 0 Å². The van der Waals surface area contributed by atoms with Crippen LogP contribution < -0.4 is 5.32 Å². The molecule has 0 spiro atoms. The summed E-state index contributed by atoms with van der Waals surface area (Å²) in [7, 11) is 2.23. The van der Waals surface area contributed by atoms with Gasteiger partial charge in [-0.3, -0.25) is 0 Å². The zero-order valence-electron chi connectivity index (χ0n) is 10.5. The standard InChI is InChI=1S/C12H26N2S/c1-11(14(2)8-9-15-3)10-13-12-6-4-5-7-12/h11-13H,4-10H2,1-3H3. The third-order valence-corrected chi connectivity index (χ3v) is 4.05. The van der Waals surface area contributed by atoms with Crippen molar-refractivity contribution in [2.45, 2.75) is 44.7 Å². The maximum atomic E-state index is 3.69. The average molecular weight is 230 g/mol. The summed E-state index contributed by atoms with van der Waals surface area (Å²) in [5, 5.41) is 3.69. The molecule has 1 fully saturated rings. The SMILES string of the molecule is CSCCN(C)C(C)CNC1CCCC1. The number of rotatable bonds is 7. The van der Waals surface area contributed by atoms with Crippen molar-refractivity contribution in [1.82, 2.24) is 10.2 Å². The first-order chi connectivity index (χ1) is 7.24. The molecule has 0 amide bonds. The highest BCUT2D eigenvalue weighted by atomic mass is 32.2. The molecule has 0 radical (unpaired) electrons. The fourth-order valence-corrected chi connectivity index (χ4v) is 2.55. The molecule has 0 aromatic rings. The normalized spacial score (nSPS) is 20.0. The van der Waals surface area contributed by atoms with E-state index >= 15 is 0 Å². The van der Waals surface area contributed by atoms with Crippen LogP contribution in [-0.2, 0) is 0 Å². The van der Waals surface area contributed by atoms with Crippen LogP contribution in [0.25, 0.3) is 0 Å². The molecule has 1 aliphatic carbocycles. The third kappa shape index (κ3) is 5.23. The van der Waals surface area contributed by atoms with E-state index in [1.54, 1.807) is 0 Å². The maximum Gasteiger partial charge on any atom is 0.0189 e. The van der Waals surface area contributed by atoms with Crippen molar-refractivity contribution in [2.24, 2.45) is 0 Å². The van der Waals surface area contributed by atoms with Gasteiger partial charge in [0, 0.05) is 30.9 Å². The summed E-state index contributed by atoms with van der Waals surface area (Å²) in [6, 6.07) is 1.47. The second-order valence-electron chi connectivity index (χ2n) is 4.71. The van der Waals surface area contributed by atoms with E-state index in [0.717, 1.165) is 12.6 Å². The van der Waals surface area contributed by atoms with Gasteiger partial charge in [0.2, 0.25) is 0 Å². The van der Waals surface area contributed by atoms with Crippen LogP contribution in [0.2, 0.25) is 0 Å². The molecule has 1 rings (SSSR count). The van der Waals surface area contributed by atoms with Crippen molar-refractivity contribution in [1.29, 1.82) is 0 Å². The van der Waals surface area contributed by atoms with Crippen molar-refractivity contribution in [2.75, 3.05) is 32.1 Å². The number of hydrogen-bond acceptors (Lipinski definition) is 3. The Kier molecular flexibility index (Phi) is 6.69. The van der Waals surface area contributed by atoms with Gasteiger partial charge in [-0.05, 0) is 33.1 Å². The van der Waals surface area contributed by atoms with Crippen LogP contribution in [0.15, 0.2) is 0 Å². The first-order valence-electron chi connectivity index (χ1n) is 6.16. The summed E-state index contributed by atoms with van der Waals surface area (Å²) >= 11 is 1.93. The molecule has 0 bridgehead atoms. The van der Waals surface area contributed by atoms with E-state index in [1.165, 1.54) is 38.0 Å². The van der Waals surface area contributed by atoms with E-state index in [4.69, 9.17) is 0 Å². The highest BCUT2D eigenvalue weighted by Gasteiger charge is 2.16. The van der Waals surface area contributed by atoms with Crippen LogP contribution in [-0.4, -0.2) is 49.1 Å². The monoisotopic (exact) mass is 230 g/mol. The molecule has 3 heteroatoms. The molecule has 0 saturated heterocycles. The molecule has 1 atom stereocenters. The molecular formula is C12H26N2S. The Morgan fingerprint density at radius 3 is 2.67 bits per heavy atom. The Balaban J connectivity index is 2.08. The number of thioether (sulfide) groups is 1. The van der Waals surface area contributed by atoms with Crippen molar-refractivity contribution in [3.63, 3.8) is 0 Å². The lowest BCUT2D eigenvalue weighted by Crippen LogP contribution is -2.41. The zero-order valence-corrected chi connectivity index (χ0v) is 11.3. The van der Waals surface area contributed by atoms with Gasteiger partial charge in [0.25, 0.3) is 0 Å². The van der Waals surface area contributed by atoms with E-state index < -0.39 is 0 Å². The summed E-state index contributed by atoms with van der Waals surface area (Å²) in [6.07, 6.45) is 7.81. The zero-order chi connectivity index (χ0) is 11.1. The Morgan fingerprint density at radius 2 is 2.07 bits per heavy atom. The predicted molar refractivity (Wildman–Crippen MR) is 70.7 cm³/mol. The minimum absolute atomic E-state index is 0.665. The van der Waals surface area contributed by atoms with Crippen LogP contribution in [0.4, 0.5) is 0 Å². The molecule has 15 heavy (non-hydrogen) atoms. The number of nitrogens with one attached hydrogen (secondary N) is 1. The quantitative estimate of drug-likeness (QED) is 0.722. The van der Waals surface area contributed by atoms with Crippen LogP contribution in [0.5, 0.6) is 0 Å². The lowest BCUT2D eigenvalue weighted by Gasteiger charge is -2.26. The van der Waals surface area contributed by atoms with E-state index in [9.17, 15) is 0 Å². The third-order valence-electron chi connectivity index (χ3n) is 3.46. The summed E-state index contributed by atoms with van der Waals surface area (Å²) in [5.41, 5.74) is 0. The lowest BCUT2D eigenvalue weighted by molar-refractivity contribution is 0.258. The molecule has 0 aromatic carbocycles. The Morgan fingerprint density at radius 1 is 1.40 bits per heavy atom. The van der Waals surface area contributed by atoms with Gasteiger partial charge in [0.05, 0.1) is 0 Å². The largest absolute Gasteiger partial charge is 0.312 e. The fourth-order valence-electron chi connectivity index (χ4n) is 2.08. The average Bonchev–Trinajstić information content (AvgIpc) is 2.75. The number of hydrogen-bond donors (Lipinski definition) is 1. The van der Waals surface area contributed by atoms with Gasteiger partial charge in [-0.15, -0.1) is 0 Å². The molecule has 1 aliphatic rings. The summed E-state index contributed by atoms with van der Waals surface area (Å²) in [6.45, 7) is 4.67. The van der Waals surface area contributed by atoms with E-state index in [0.29, 0.717) is 6.04 Å². The van der Waals surface area contributed by atoms with Crippen molar-refractivity contribution in [3.8, 4) is 0 Å². The van der Waals surface area contributed by atoms with Gasteiger partial charge in [-0.2, -0.15) is 11.8 Å². The van der Waals surface area contributed by atoms with Gasteiger partial charge < -0.3 is 10.2 Å². The van der Waals surface area contributed by atoms with Gasteiger partial charge in [0.15, 0.2) is 0 Å². The summed E-state index contributed by atoms with van der Waals surface area (Å²) < 4.78 is 0. The molecule has 1 saturated carbocycles.